The van der Waals surface area contributed by atoms with Crippen molar-refractivity contribution >= 4 is 29.5 Å². The normalized spacial score (nSPS) is 12.9. The van der Waals surface area contributed by atoms with Gasteiger partial charge in [0.15, 0.2) is 0 Å². The number of rotatable bonds is 8. The van der Waals surface area contributed by atoms with E-state index in [4.69, 9.17) is 9.84 Å². The summed E-state index contributed by atoms with van der Waals surface area (Å²) in [5.41, 5.74) is 0.858. The molecule has 1 heterocycles. The van der Waals surface area contributed by atoms with Crippen LogP contribution in [0.15, 0.2) is 18.2 Å². The quantitative estimate of drug-likeness (QED) is 0.473. The Morgan fingerprint density at radius 1 is 1.20 bits per heavy atom. The van der Waals surface area contributed by atoms with Crippen LogP contribution in [0.2, 0.25) is 0 Å². The second kappa shape index (κ2) is 8.25. The number of methoxy groups -OCH3 is 1. The molecule has 25 heavy (non-hydrogen) atoms. The predicted molar refractivity (Wildman–Crippen MR) is 87.6 cm³/mol. The molecule has 0 fully saturated rings. The number of benzene rings is 1. The summed E-state index contributed by atoms with van der Waals surface area (Å²) in [6.45, 7) is 0.687. The topological polar surface area (TPSA) is 125 Å². The highest BCUT2D eigenvalue weighted by molar-refractivity contribution is 6.21. The average molecular weight is 349 g/mol. The summed E-state index contributed by atoms with van der Waals surface area (Å²) in [6.07, 6.45) is 0.347. The summed E-state index contributed by atoms with van der Waals surface area (Å²) >= 11 is 0. The van der Waals surface area contributed by atoms with Gasteiger partial charge >= 0.3 is 12.0 Å². The number of aliphatic carboxylic acids is 1. The summed E-state index contributed by atoms with van der Waals surface area (Å²) in [5.74, 6) is -1.80. The molecule has 1 aliphatic rings. The molecular formula is C16H19N3O6. The fourth-order valence-electron chi connectivity index (χ4n) is 2.40. The van der Waals surface area contributed by atoms with Gasteiger partial charge in [0.05, 0.1) is 17.5 Å². The van der Waals surface area contributed by atoms with Gasteiger partial charge in [-0.3, -0.25) is 19.3 Å². The zero-order valence-corrected chi connectivity index (χ0v) is 13.7. The van der Waals surface area contributed by atoms with Gasteiger partial charge in [-0.2, -0.15) is 0 Å². The predicted octanol–water partition coefficient (Wildman–Crippen LogP) is 0.915. The van der Waals surface area contributed by atoms with Crippen LogP contribution in [-0.2, 0) is 9.53 Å². The molecule has 0 unspecified atom stereocenters. The average Bonchev–Trinajstić information content (AvgIpc) is 2.79. The molecule has 1 aromatic carbocycles. The Morgan fingerprint density at radius 2 is 1.92 bits per heavy atom. The lowest BCUT2D eigenvalue weighted by molar-refractivity contribution is -0.136. The van der Waals surface area contributed by atoms with E-state index in [1.165, 1.54) is 18.2 Å². The van der Waals surface area contributed by atoms with Gasteiger partial charge in [0.25, 0.3) is 11.8 Å². The highest BCUT2D eigenvalue weighted by atomic mass is 16.5. The van der Waals surface area contributed by atoms with Gasteiger partial charge in [-0.05, 0) is 24.6 Å². The molecule has 1 aliphatic heterocycles. The lowest BCUT2D eigenvalue weighted by Crippen LogP contribution is -2.31. The van der Waals surface area contributed by atoms with Crippen molar-refractivity contribution in [2.45, 2.75) is 12.8 Å². The minimum absolute atomic E-state index is 0.0171. The van der Waals surface area contributed by atoms with Gasteiger partial charge in [-0.15, -0.1) is 0 Å². The van der Waals surface area contributed by atoms with Crippen LogP contribution < -0.4 is 10.6 Å². The lowest BCUT2D eigenvalue weighted by Gasteiger charge is -2.12. The number of amides is 4. The summed E-state index contributed by atoms with van der Waals surface area (Å²) < 4.78 is 4.92. The second-order valence-electron chi connectivity index (χ2n) is 5.39. The number of anilines is 1. The summed E-state index contributed by atoms with van der Waals surface area (Å²) in [4.78, 5) is 47.9. The molecule has 134 valence electrons. The Balaban J connectivity index is 2.01. The van der Waals surface area contributed by atoms with Crippen molar-refractivity contribution < 1.29 is 29.0 Å². The Labute approximate surface area is 143 Å². The Bertz CT molecular complexity index is 703. The van der Waals surface area contributed by atoms with E-state index in [2.05, 4.69) is 10.6 Å². The van der Waals surface area contributed by atoms with Crippen molar-refractivity contribution in [1.82, 2.24) is 10.2 Å². The highest BCUT2D eigenvalue weighted by Gasteiger charge is 2.35. The number of hydrogen-bond donors (Lipinski definition) is 3. The Hall–Kier alpha value is -2.94. The highest BCUT2D eigenvalue weighted by Crippen LogP contribution is 2.26. The van der Waals surface area contributed by atoms with Crippen LogP contribution in [0.3, 0.4) is 0 Å². The molecule has 0 spiro atoms. The van der Waals surface area contributed by atoms with Crippen molar-refractivity contribution in [2.24, 2.45) is 0 Å². The molecule has 4 amide bonds. The number of carbonyl (C=O) groups is 4. The molecule has 0 bridgehead atoms. The largest absolute Gasteiger partial charge is 0.481 e. The summed E-state index contributed by atoms with van der Waals surface area (Å²) in [5, 5.41) is 13.4. The third-order valence-electron chi connectivity index (χ3n) is 3.58. The number of imide groups is 1. The molecule has 0 aliphatic carbocycles. The molecule has 1 aromatic rings. The van der Waals surface area contributed by atoms with Gasteiger partial charge in [0.2, 0.25) is 0 Å². The van der Waals surface area contributed by atoms with E-state index in [1.807, 2.05) is 0 Å². The number of ether oxygens (including phenoxy) is 1. The van der Waals surface area contributed by atoms with Gasteiger partial charge < -0.3 is 20.5 Å². The van der Waals surface area contributed by atoms with Crippen LogP contribution in [0.5, 0.6) is 0 Å². The van der Waals surface area contributed by atoms with E-state index < -0.39 is 17.9 Å². The van der Waals surface area contributed by atoms with Crippen LogP contribution in [-0.4, -0.2) is 60.6 Å². The molecule has 0 radical (unpaired) electrons. The first-order valence-corrected chi connectivity index (χ1v) is 7.70. The van der Waals surface area contributed by atoms with Crippen LogP contribution in [0, 0.1) is 0 Å². The van der Waals surface area contributed by atoms with E-state index in [-0.39, 0.29) is 31.0 Å². The monoisotopic (exact) mass is 349 g/mol. The van der Waals surface area contributed by atoms with Crippen molar-refractivity contribution in [3.05, 3.63) is 29.3 Å². The van der Waals surface area contributed by atoms with E-state index in [9.17, 15) is 19.2 Å². The number of fused-ring (bicyclic) bond motifs is 1. The maximum Gasteiger partial charge on any atom is 0.319 e. The molecular weight excluding hydrogens is 330 g/mol. The van der Waals surface area contributed by atoms with Crippen molar-refractivity contribution in [1.29, 1.82) is 0 Å². The minimum Gasteiger partial charge on any atom is -0.481 e. The van der Waals surface area contributed by atoms with Crippen LogP contribution in [0.25, 0.3) is 0 Å². The Kier molecular flexibility index (Phi) is 6.07. The maximum atomic E-state index is 12.4. The summed E-state index contributed by atoms with van der Waals surface area (Å²) in [6, 6.07) is 3.84. The van der Waals surface area contributed by atoms with Crippen LogP contribution in [0.1, 0.15) is 33.6 Å². The minimum atomic E-state index is -1.02. The summed E-state index contributed by atoms with van der Waals surface area (Å²) in [7, 11) is 1.54. The van der Waals surface area contributed by atoms with Gasteiger partial charge in [-0.25, -0.2) is 4.79 Å². The van der Waals surface area contributed by atoms with Crippen molar-refractivity contribution in [3.8, 4) is 0 Å². The standard InChI is InChI=1S/C16H19N3O6/c1-25-8-2-7-19-14(22)11-4-3-10(9-12(11)15(19)23)18-16(24)17-6-5-13(20)21/h3-4,9H,2,5-8H2,1H3,(H,20,21)(H2,17,18,24). The first kappa shape index (κ1) is 18.4. The SMILES string of the molecule is COCCCN1C(=O)c2ccc(NC(=O)NCCC(=O)O)cc2C1=O. The molecule has 0 atom stereocenters. The maximum absolute atomic E-state index is 12.4. The van der Waals surface area contributed by atoms with Crippen molar-refractivity contribution in [3.63, 3.8) is 0 Å². The number of nitrogens with one attached hydrogen (secondary N) is 2. The second-order valence-corrected chi connectivity index (χ2v) is 5.39. The lowest BCUT2D eigenvalue weighted by atomic mass is 10.1. The van der Waals surface area contributed by atoms with Gasteiger partial charge in [0, 0.05) is 32.5 Å². The molecule has 9 nitrogen and oxygen atoms in total. The van der Waals surface area contributed by atoms with E-state index >= 15 is 0 Å². The third-order valence-corrected chi connectivity index (χ3v) is 3.58. The van der Waals surface area contributed by atoms with Crippen LogP contribution >= 0.6 is 0 Å². The van der Waals surface area contributed by atoms with Gasteiger partial charge in [0.1, 0.15) is 0 Å². The van der Waals surface area contributed by atoms with E-state index in [0.717, 1.165) is 4.90 Å². The van der Waals surface area contributed by atoms with Crippen LogP contribution in [0.4, 0.5) is 10.5 Å². The molecule has 0 aromatic heterocycles. The number of carbonyl (C=O) groups excluding carboxylic acids is 3. The smallest absolute Gasteiger partial charge is 0.319 e. The Morgan fingerprint density at radius 3 is 2.60 bits per heavy atom. The fourth-order valence-corrected chi connectivity index (χ4v) is 2.40. The zero-order chi connectivity index (χ0) is 18.4. The molecule has 0 saturated heterocycles. The van der Waals surface area contributed by atoms with E-state index in [0.29, 0.717) is 24.3 Å². The van der Waals surface area contributed by atoms with Crippen molar-refractivity contribution in [2.75, 3.05) is 32.1 Å². The third kappa shape index (κ3) is 4.54. The number of hydrogen-bond acceptors (Lipinski definition) is 5. The number of nitrogens with zero attached hydrogens (tertiary/aromatic N) is 1. The number of carboxylic acid groups (broad SMARTS) is 1. The van der Waals surface area contributed by atoms with E-state index in [1.54, 1.807) is 7.11 Å². The first-order chi connectivity index (χ1) is 11.9. The fraction of sp³-hybridized carbons (Fsp3) is 0.375. The molecule has 2 rings (SSSR count). The number of urea groups is 1. The van der Waals surface area contributed by atoms with Gasteiger partial charge in [-0.1, -0.05) is 0 Å². The molecule has 0 saturated carbocycles. The molecule has 3 N–H and O–H groups in total. The first-order valence-electron chi connectivity index (χ1n) is 7.70. The number of carboxylic acids is 1. The zero-order valence-electron chi connectivity index (χ0n) is 13.7. The molecule has 9 heteroatoms.